The summed E-state index contributed by atoms with van der Waals surface area (Å²) in [5.41, 5.74) is 9.52. The lowest BCUT2D eigenvalue weighted by molar-refractivity contribution is 0.425. The second-order valence-corrected chi connectivity index (χ2v) is 14.1. The maximum absolute atomic E-state index is 2.45. The van der Waals surface area contributed by atoms with Crippen LogP contribution in [0.25, 0.3) is 0 Å². The van der Waals surface area contributed by atoms with E-state index in [0.29, 0.717) is 23.7 Å². The molecule has 0 heterocycles. The number of benzene rings is 2. The molecule has 1 aliphatic carbocycles. The van der Waals surface area contributed by atoms with Gasteiger partial charge in [-0.1, -0.05) is 244 Å². The van der Waals surface area contributed by atoms with Crippen molar-refractivity contribution in [1.29, 1.82) is 0 Å². The summed E-state index contributed by atoms with van der Waals surface area (Å²) in [5, 5.41) is 0. The minimum absolute atomic E-state index is 0.637. The van der Waals surface area contributed by atoms with Gasteiger partial charge in [-0.15, -0.1) is 0 Å². The Balaban J connectivity index is -0.000000193. The fraction of sp³-hybridized carbons (Fsp3) is 0.750. The van der Waals surface area contributed by atoms with Crippen molar-refractivity contribution in [3.63, 3.8) is 0 Å². The highest BCUT2D eigenvalue weighted by atomic mass is 14.2. The van der Waals surface area contributed by atoms with E-state index in [4.69, 9.17) is 0 Å². The van der Waals surface area contributed by atoms with Gasteiger partial charge in [0.05, 0.1) is 0 Å². The van der Waals surface area contributed by atoms with Crippen molar-refractivity contribution < 1.29 is 0 Å². The summed E-state index contributed by atoms with van der Waals surface area (Å²) in [6.07, 6.45) is 19.0. The van der Waals surface area contributed by atoms with Crippen molar-refractivity contribution in [2.45, 2.75) is 273 Å². The number of rotatable bonds is 17. The van der Waals surface area contributed by atoms with Crippen LogP contribution in [-0.4, -0.2) is 0 Å². The molecule has 3 rings (SSSR count). The molecule has 0 N–H and O–H groups in total. The van der Waals surface area contributed by atoms with Crippen LogP contribution in [0.5, 0.6) is 0 Å². The van der Waals surface area contributed by atoms with Gasteiger partial charge in [-0.05, 0) is 117 Å². The molecular formula is C56H110. The monoisotopic (exact) mass is 783 g/mol. The van der Waals surface area contributed by atoms with E-state index in [1.807, 2.05) is 96.9 Å². The minimum Gasteiger partial charge on any atom is -0.0741 e. The Morgan fingerprint density at radius 3 is 1.21 bits per heavy atom. The molecule has 5 atom stereocenters. The quantitative estimate of drug-likeness (QED) is 0.111. The zero-order valence-corrected chi connectivity index (χ0v) is 43.4. The van der Waals surface area contributed by atoms with Crippen molar-refractivity contribution in [3.8, 4) is 0 Å². The lowest BCUT2D eigenvalue weighted by Crippen LogP contribution is -2.05. The van der Waals surface area contributed by atoms with Crippen molar-refractivity contribution in [2.24, 2.45) is 5.92 Å². The Kier molecular flexibility index (Phi) is 60.3. The van der Waals surface area contributed by atoms with E-state index in [1.54, 1.807) is 11.1 Å². The molecule has 2 aromatic carbocycles. The first kappa shape index (κ1) is 66.0. The summed E-state index contributed by atoms with van der Waals surface area (Å²) in [6, 6.07) is 18.6. The summed E-state index contributed by atoms with van der Waals surface area (Å²) in [4.78, 5) is 0. The molecule has 0 radical (unpaired) electrons. The van der Waals surface area contributed by atoms with Crippen LogP contribution >= 0.6 is 0 Å². The van der Waals surface area contributed by atoms with Crippen LogP contribution in [0.4, 0.5) is 0 Å². The van der Waals surface area contributed by atoms with Gasteiger partial charge in [0, 0.05) is 0 Å². The summed E-state index contributed by atoms with van der Waals surface area (Å²) in [7, 11) is 0. The Morgan fingerprint density at radius 1 is 0.482 bits per heavy atom. The Hall–Kier alpha value is -1.82. The molecular weight excluding hydrogens is 673 g/mol. The molecule has 5 unspecified atom stereocenters. The molecule has 56 heavy (non-hydrogen) atoms. The molecule has 0 saturated heterocycles. The molecule has 0 aromatic heterocycles. The van der Waals surface area contributed by atoms with Crippen molar-refractivity contribution in [1.82, 2.24) is 0 Å². The van der Waals surface area contributed by atoms with Gasteiger partial charge in [0.15, 0.2) is 0 Å². The molecule has 1 fully saturated rings. The van der Waals surface area contributed by atoms with Gasteiger partial charge < -0.3 is 0 Å². The molecule has 0 bridgehead atoms. The highest BCUT2D eigenvalue weighted by Crippen LogP contribution is 2.32. The summed E-state index contributed by atoms with van der Waals surface area (Å²) in [6.45, 7) is 49.1. The first-order valence-corrected chi connectivity index (χ1v) is 25.1. The SMILES string of the molecule is CC.CC.CC.CC.CC.CC.CC.CCC(C)c1cccc(C(C)CCC(C)CC(C)c2cccc(C(C)CC)c2)c1.CCCCCCCC(C)=C1CCC1. The zero-order valence-electron chi connectivity index (χ0n) is 43.4. The topological polar surface area (TPSA) is 0 Å². The van der Waals surface area contributed by atoms with E-state index in [9.17, 15) is 0 Å². The average molecular weight is 783 g/mol. The fourth-order valence-corrected chi connectivity index (χ4v) is 6.33. The zero-order chi connectivity index (χ0) is 44.9. The van der Waals surface area contributed by atoms with Gasteiger partial charge in [0.25, 0.3) is 0 Å². The van der Waals surface area contributed by atoms with E-state index >= 15 is 0 Å². The van der Waals surface area contributed by atoms with Crippen molar-refractivity contribution in [2.75, 3.05) is 0 Å². The van der Waals surface area contributed by atoms with E-state index in [1.165, 1.54) is 112 Å². The highest BCUT2D eigenvalue weighted by molar-refractivity contribution is 5.29. The number of unbranched alkanes of at least 4 members (excludes halogenated alkanes) is 4. The second-order valence-electron chi connectivity index (χ2n) is 14.1. The number of hydrogen-bond donors (Lipinski definition) is 0. The Labute approximate surface area is 359 Å². The largest absolute Gasteiger partial charge is 0.0741 e. The van der Waals surface area contributed by atoms with Crippen LogP contribution in [0.1, 0.15) is 295 Å². The van der Waals surface area contributed by atoms with Gasteiger partial charge in [-0.3, -0.25) is 0 Å². The highest BCUT2D eigenvalue weighted by Gasteiger charge is 2.15. The van der Waals surface area contributed by atoms with Crippen LogP contribution in [0.3, 0.4) is 0 Å². The third-order valence-corrected chi connectivity index (χ3v) is 10.4. The summed E-state index contributed by atoms with van der Waals surface area (Å²) < 4.78 is 0. The van der Waals surface area contributed by atoms with E-state index in [-0.39, 0.29) is 0 Å². The molecule has 1 aliphatic rings. The average Bonchev–Trinajstić information content (AvgIpc) is 3.26. The first-order chi connectivity index (χ1) is 27.2. The second kappa shape index (κ2) is 51.2. The van der Waals surface area contributed by atoms with Crippen LogP contribution < -0.4 is 0 Å². The lowest BCUT2D eigenvalue weighted by Gasteiger charge is -2.21. The standard InChI is InChI=1S/C29H44.C13H24.7C2H6/c1-8-22(4)26-12-10-14-28(19-26)24(6)17-16-21(3)18-25(7)29-15-11-13-27(20-29)23(5)9-2;1-3-4-5-6-7-9-12(2)13-10-8-11-13;7*1-2/h10-15,19-25H,8-9,16-18H2,1-7H3;3-11H2,1-2H3;7*1-2H3. The Bertz CT molecular complexity index is 1020. The first-order valence-electron chi connectivity index (χ1n) is 25.1. The summed E-state index contributed by atoms with van der Waals surface area (Å²) >= 11 is 0. The molecule has 0 amide bonds. The van der Waals surface area contributed by atoms with Gasteiger partial charge >= 0.3 is 0 Å². The van der Waals surface area contributed by atoms with E-state index in [2.05, 4.69) is 111 Å². The van der Waals surface area contributed by atoms with Gasteiger partial charge in [-0.25, -0.2) is 0 Å². The third-order valence-electron chi connectivity index (χ3n) is 10.4. The normalized spacial score (nSPS) is 13.1. The third kappa shape index (κ3) is 33.2. The molecule has 1 saturated carbocycles. The maximum Gasteiger partial charge on any atom is -0.0188 e. The molecule has 0 aliphatic heterocycles. The van der Waals surface area contributed by atoms with Crippen LogP contribution in [0.15, 0.2) is 59.7 Å². The smallest absolute Gasteiger partial charge is 0.0188 e. The molecule has 0 nitrogen and oxygen atoms in total. The molecule has 2 aromatic rings. The van der Waals surface area contributed by atoms with E-state index < -0.39 is 0 Å². The Morgan fingerprint density at radius 2 is 0.857 bits per heavy atom. The van der Waals surface area contributed by atoms with Gasteiger partial charge in [-0.2, -0.15) is 0 Å². The van der Waals surface area contributed by atoms with E-state index in [0.717, 1.165) is 5.92 Å². The van der Waals surface area contributed by atoms with Crippen LogP contribution in [0, 0.1) is 5.92 Å². The van der Waals surface area contributed by atoms with Gasteiger partial charge in [0.1, 0.15) is 0 Å². The predicted molar refractivity (Wildman–Crippen MR) is 270 cm³/mol. The number of allylic oxidation sites excluding steroid dienone is 2. The molecule has 0 spiro atoms. The predicted octanol–water partition coefficient (Wildman–Crippen LogP) is 21.5. The van der Waals surface area contributed by atoms with Gasteiger partial charge in [0.2, 0.25) is 0 Å². The lowest BCUT2D eigenvalue weighted by atomic mass is 9.84. The van der Waals surface area contributed by atoms with Crippen molar-refractivity contribution in [3.05, 3.63) is 81.9 Å². The van der Waals surface area contributed by atoms with Crippen LogP contribution in [-0.2, 0) is 0 Å². The fourth-order valence-electron chi connectivity index (χ4n) is 6.33. The molecule has 334 valence electrons. The summed E-state index contributed by atoms with van der Waals surface area (Å²) in [5.74, 6) is 3.36. The van der Waals surface area contributed by atoms with Crippen molar-refractivity contribution >= 4 is 0 Å². The van der Waals surface area contributed by atoms with Crippen LogP contribution in [0.2, 0.25) is 0 Å². The molecule has 0 heteroatoms. The number of hydrogen-bond acceptors (Lipinski definition) is 0. The minimum atomic E-state index is 0.637. The maximum atomic E-state index is 2.45.